The molecule has 0 bridgehead atoms. The predicted octanol–water partition coefficient (Wildman–Crippen LogP) is 4.45. The van der Waals surface area contributed by atoms with E-state index in [0.717, 1.165) is 28.7 Å². The van der Waals surface area contributed by atoms with Crippen molar-refractivity contribution < 1.29 is 24.2 Å². The average molecular weight is 453 g/mol. The zero-order valence-corrected chi connectivity index (χ0v) is 19.2. The first kappa shape index (κ1) is 24.3. The fourth-order valence-electron chi connectivity index (χ4n) is 4.40. The van der Waals surface area contributed by atoms with Crippen molar-refractivity contribution in [1.82, 2.24) is 10.6 Å². The van der Waals surface area contributed by atoms with Crippen molar-refractivity contribution in [2.24, 2.45) is 0 Å². The molecule has 7 nitrogen and oxygen atoms in total. The molecule has 33 heavy (non-hydrogen) atoms. The lowest BCUT2D eigenvalue weighted by Gasteiger charge is -2.20. The first-order chi connectivity index (χ1) is 15.9. The Morgan fingerprint density at radius 2 is 1.48 bits per heavy atom. The van der Waals surface area contributed by atoms with E-state index in [1.807, 2.05) is 38.1 Å². The van der Waals surface area contributed by atoms with Crippen LogP contribution in [0.1, 0.15) is 63.0 Å². The van der Waals surface area contributed by atoms with Crippen molar-refractivity contribution in [3.63, 3.8) is 0 Å². The van der Waals surface area contributed by atoms with Crippen LogP contribution < -0.4 is 10.6 Å². The van der Waals surface area contributed by atoms with Crippen LogP contribution in [0.15, 0.2) is 48.5 Å². The molecule has 7 heteroatoms. The molecule has 2 atom stereocenters. The SMILES string of the molecule is CCC[C@@H](CC(=O)N[C@H](CCC)C(=O)O)NC(=O)OCC1c2ccccc2-c2ccccc21. The molecule has 3 N–H and O–H groups in total. The van der Waals surface area contributed by atoms with E-state index in [-0.39, 0.29) is 18.9 Å². The lowest BCUT2D eigenvalue weighted by molar-refractivity contribution is -0.142. The normalized spacial score (nSPS) is 14.0. The molecule has 0 unspecified atom stereocenters. The van der Waals surface area contributed by atoms with Crippen LogP contribution in [0.25, 0.3) is 11.1 Å². The minimum absolute atomic E-state index is 0.00549. The van der Waals surface area contributed by atoms with Crippen molar-refractivity contribution in [2.75, 3.05) is 6.61 Å². The van der Waals surface area contributed by atoms with Crippen molar-refractivity contribution in [2.45, 2.75) is 64.0 Å². The number of aliphatic carboxylic acids is 1. The smallest absolute Gasteiger partial charge is 0.407 e. The van der Waals surface area contributed by atoms with Gasteiger partial charge < -0.3 is 20.5 Å². The molecule has 1 aliphatic rings. The standard InChI is InChI=1S/C26H32N2O5/c1-3-9-17(15-24(29)28-23(10-4-2)25(30)31)27-26(32)33-16-22-20-13-7-5-11-18(20)19-12-6-8-14-21(19)22/h5-8,11-14,17,22-23H,3-4,9-10,15-16H2,1-2H3,(H,27,32)(H,28,29)(H,30,31)/t17-,23+/m0/s1. The summed E-state index contributed by atoms with van der Waals surface area (Å²) in [5.74, 6) is -1.49. The molecule has 176 valence electrons. The molecule has 3 rings (SSSR count). The highest BCUT2D eigenvalue weighted by molar-refractivity contribution is 5.84. The van der Waals surface area contributed by atoms with Crippen LogP contribution in [0.2, 0.25) is 0 Å². The summed E-state index contributed by atoms with van der Waals surface area (Å²) in [6.45, 7) is 4.02. The van der Waals surface area contributed by atoms with Gasteiger partial charge in [0, 0.05) is 18.4 Å². The van der Waals surface area contributed by atoms with Crippen LogP contribution >= 0.6 is 0 Å². The average Bonchev–Trinajstić information content (AvgIpc) is 3.11. The number of carboxylic acids is 1. The van der Waals surface area contributed by atoms with E-state index in [1.54, 1.807) is 0 Å². The molecule has 2 aromatic rings. The van der Waals surface area contributed by atoms with Gasteiger partial charge in [-0.25, -0.2) is 9.59 Å². The van der Waals surface area contributed by atoms with Crippen molar-refractivity contribution in [1.29, 1.82) is 0 Å². The van der Waals surface area contributed by atoms with E-state index in [9.17, 15) is 19.5 Å². The third-order valence-corrected chi connectivity index (χ3v) is 5.95. The fraction of sp³-hybridized carbons (Fsp3) is 0.423. The van der Waals surface area contributed by atoms with Crippen LogP contribution in [0.4, 0.5) is 4.79 Å². The zero-order chi connectivity index (χ0) is 23.8. The van der Waals surface area contributed by atoms with E-state index in [1.165, 1.54) is 0 Å². The van der Waals surface area contributed by atoms with Crippen LogP contribution in [-0.2, 0) is 14.3 Å². The lowest BCUT2D eigenvalue weighted by atomic mass is 9.98. The van der Waals surface area contributed by atoms with Gasteiger partial charge in [-0.05, 0) is 35.1 Å². The molecule has 0 saturated carbocycles. The Kier molecular flexibility index (Phi) is 8.46. The Morgan fingerprint density at radius 3 is 2.03 bits per heavy atom. The summed E-state index contributed by atoms with van der Waals surface area (Å²) >= 11 is 0. The number of hydrogen-bond acceptors (Lipinski definition) is 4. The number of alkyl carbamates (subject to hydrolysis) is 1. The largest absolute Gasteiger partial charge is 0.480 e. The maximum atomic E-state index is 12.6. The third kappa shape index (κ3) is 6.12. The second-order valence-corrected chi connectivity index (χ2v) is 8.41. The Labute approximate surface area is 194 Å². The van der Waals surface area contributed by atoms with E-state index in [2.05, 4.69) is 34.9 Å². The summed E-state index contributed by atoms with van der Waals surface area (Å²) in [6.07, 6.45) is 1.78. The van der Waals surface area contributed by atoms with Crippen LogP contribution in [0.3, 0.4) is 0 Å². The van der Waals surface area contributed by atoms with Gasteiger partial charge in [-0.15, -0.1) is 0 Å². The molecule has 0 spiro atoms. The van der Waals surface area contributed by atoms with Crippen LogP contribution in [0.5, 0.6) is 0 Å². The maximum absolute atomic E-state index is 12.6. The number of amides is 2. The molecule has 0 heterocycles. The number of hydrogen-bond donors (Lipinski definition) is 3. The lowest BCUT2D eigenvalue weighted by Crippen LogP contribution is -2.44. The van der Waals surface area contributed by atoms with Crippen molar-refractivity contribution >= 4 is 18.0 Å². The minimum Gasteiger partial charge on any atom is -0.480 e. The topological polar surface area (TPSA) is 105 Å². The molecule has 2 amide bonds. The second kappa shape index (κ2) is 11.5. The van der Waals surface area contributed by atoms with Gasteiger partial charge in [0.25, 0.3) is 0 Å². The van der Waals surface area contributed by atoms with Gasteiger partial charge in [0.1, 0.15) is 12.6 Å². The first-order valence-electron chi connectivity index (χ1n) is 11.6. The predicted molar refractivity (Wildman–Crippen MR) is 126 cm³/mol. The zero-order valence-electron chi connectivity index (χ0n) is 19.2. The monoisotopic (exact) mass is 452 g/mol. The number of carbonyl (C=O) groups excluding carboxylic acids is 2. The fourth-order valence-corrected chi connectivity index (χ4v) is 4.40. The molecule has 1 aliphatic carbocycles. The number of nitrogens with one attached hydrogen (secondary N) is 2. The molecule has 0 aromatic heterocycles. The highest BCUT2D eigenvalue weighted by Crippen LogP contribution is 2.44. The summed E-state index contributed by atoms with van der Waals surface area (Å²) in [7, 11) is 0. The van der Waals surface area contributed by atoms with Gasteiger partial charge >= 0.3 is 12.1 Å². The summed E-state index contributed by atoms with van der Waals surface area (Å²) in [4.78, 5) is 36.2. The second-order valence-electron chi connectivity index (χ2n) is 8.41. The van der Waals surface area contributed by atoms with Crippen molar-refractivity contribution in [3.05, 3.63) is 59.7 Å². The molecular weight excluding hydrogens is 420 g/mol. The van der Waals surface area contributed by atoms with Gasteiger partial charge in [-0.3, -0.25) is 4.79 Å². The number of carbonyl (C=O) groups is 3. The molecular formula is C26H32N2O5. The number of carboxylic acid groups (broad SMARTS) is 1. The Balaban J connectivity index is 1.58. The van der Waals surface area contributed by atoms with Gasteiger partial charge in [0.2, 0.25) is 5.91 Å². The molecule has 0 aliphatic heterocycles. The number of fused-ring (bicyclic) bond motifs is 3. The quantitative estimate of drug-likeness (QED) is 0.467. The minimum atomic E-state index is -1.05. The highest BCUT2D eigenvalue weighted by Gasteiger charge is 2.29. The van der Waals surface area contributed by atoms with E-state index in [0.29, 0.717) is 19.3 Å². The molecule has 0 saturated heterocycles. The number of rotatable bonds is 11. The van der Waals surface area contributed by atoms with E-state index >= 15 is 0 Å². The highest BCUT2D eigenvalue weighted by atomic mass is 16.5. The van der Waals surface area contributed by atoms with Crippen molar-refractivity contribution in [3.8, 4) is 11.1 Å². The van der Waals surface area contributed by atoms with E-state index in [4.69, 9.17) is 4.74 Å². The Bertz CT molecular complexity index is 945. The first-order valence-corrected chi connectivity index (χ1v) is 11.6. The number of benzene rings is 2. The summed E-state index contributed by atoms with van der Waals surface area (Å²) in [5.41, 5.74) is 4.57. The Hall–Kier alpha value is -3.35. The van der Waals surface area contributed by atoms with Gasteiger partial charge in [0.15, 0.2) is 0 Å². The molecule has 2 aromatic carbocycles. The number of ether oxygens (including phenoxy) is 1. The van der Waals surface area contributed by atoms with Crippen LogP contribution in [-0.4, -0.2) is 41.8 Å². The molecule has 0 fully saturated rings. The van der Waals surface area contributed by atoms with Gasteiger partial charge in [0.05, 0.1) is 0 Å². The van der Waals surface area contributed by atoms with Gasteiger partial charge in [-0.2, -0.15) is 0 Å². The van der Waals surface area contributed by atoms with Gasteiger partial charge in [-0.1, -0.05) is 75.2 Å². The maximum Gasteiger partial charge on any atom is 0.407 e. The van der Waals surface area contributed by atoms with E-state index < -0.39 is 30.1 Å². The van der Waals surface area contributed by atoms with Crippen LogP contribution in [0, 0.1) is 0 Å². The Morgan fingerprint density at radius 1 is 0.909 bits per heavy atom. The summed E-state index contributed by atoms with van der Waals surface area (Å²) in [5, 5.41) is 14.6. The molecule has 0 radical (unpaired) electrons. The summed E-state index contributed by atoms with van der Waals surface area (Å²) in [6, 6.07) is 14.9. The summed E-state index contributed by atoms with van der Waals surface area (Å²) < 4.78 is 5.58. The third-order valence-electron chi connectivity index (χ3n) is 5.95.